The Morgan fingerprint density at radius 2 is 1.95 bits per heavy atom. The van der Waals surface area contributed by atoms with Gasteiger partial charge >= 0.3 is 0 Å². The van der Waals surface area contributed by atoms with Crippen LogP contribution in [0.1, 0.15) is 31.7 Å². The molecule has 6 nitrogen and oxygen atoms in total. The second kappa shape index (κ2) is 6.66. The highest BCUT2D eigenvalue weighted by atomic mass is 32.2. The molecule has 0 aliphatic heterocycles. The van der Waals surface area contributed by atoms with Crippen LogP contribution in [0.25, 0.3) is 0 Å². The van der Waals surface area contributed by atoms with Crippen molar-refractivity contribution < 1.29 is 22.9 Å². The monoisotopic (exact) mass is 327 g/mol. The summed E-state index contributed by atoms with van der Waals surface area (Å²) in [5.41, 5.74) is 0.947. The van der Waals surface area contributed by atoms with Gasteiger partial charge in [-0.3, -0.25) is 9.35 Å². The van der Waals surface area contributed by atoms with Crippen molar-refractivity contribution in [3.8, 4) is 5.75 Å². The lowest BCUT2D eigenvalue weighted by Gasteiger charge is -2.17. The average Bonchev–Trinajstić information content (AvgIpc) is 2.90. The molecule has 1 aromatic carbocycles. The van der Waals surface area contributed by atoms with Crippen LogP contribution in [0, 0.1) is 5.92 Å². The molecule has 22 heavy (non-hydrogen) atoms. The van der Waals surface area contributed by atoms with Crippen molar-refractivity contribution in [3.63, 3.8) is 0 Å². The summed E-state index contributed by atoms with van der Waals surface area (Å²) in [6, 6.07) is 6.48. The molecule has 3 N–H and O–H groups in total. The summed E-state index contributed by atoms with van der Waals surface area (Å²) in [4.78, 5) is 12.2. The van der Waals surface area contributed by atoms with Crippen molar-refractivity contribution in [1.82, 2.24) is 5.32 Å². The maximum Gasteiger partial charge on any atom is 0.267 e. The minimum absolute atomic E-state index is 0.130. The number of hydrogen-bond acceptors (Lipinski definition) is 4. The second-order valence-corrected chi connectivity index (χ2v) is 7.62. The third-order valence-electron chi connectivity index (χ3n) is 4.08. The predicted molar refractivity (Wildman–Crippen MR) is 82.1 cm³/mol. The van der Waals surface area contributed by atoms with E-state index in [2.05, 4.69) is 5.32 Å². The maximum atomic E-state index is 12.2. The van der Waals surface area contributed by atoms with Crippen LogP contribution in [-0.4, -0.2) is 35.3 Å². The normalized spacial score (nSPS) is 23.2. The fourth-order valence-electron chi connectivity index (χ4n) is 2.76. The standard InChI is InChI=1S/C15H21NO5S/c1-10(8-11-2-5-13(17)6-3-11)15(18)16-12-4-7-14(9-12)22(19,20)21/h2-3,5-6,10,12,14,17H,4,7-9H2,1H3,(H,16,18)(H,19,20,21)/t10-,12?,14?/m0/s1. The van der Waals surface area contributed by atoms with E-state index in [1.165, 1.54) is 0 Å². The zero-order valence-corrected chi connectivity index (χ0v) is 13.2. The first kappa shape index (κ1) is 16.8. The Kier molecular flexibility index (Phi) is 5.08. The molecule has 122 valence electrons. The van der Waals surface area contributed by atoms with Gasteiger partial charge in [0.15, 0.2) is 0 Å². The number of rotatable bonds is 5. The number of carbonyl (C=O) groups excluding carboxylic acids is 1. The quantitative estimate of drug-likeness (QED) is 0.711. The number of nitrogens with one attached hydrogen (secondary N) is 1. The lowest BCUT2D eigenvalue weighted by atomic mass is 10.00. The largest absolute Gasteiger partial charge is 0.508 e. The molecule has 0 aromatic heterocycles. The smallest absolute Gasteiger partial charge is 0.267 e. The van der Waals surface area contributed by atoms with Crippen molar-refractivity contribution >= 4 is 16.0 Å². The van der Waals surface area contributed by atoms with Gasteiger partial charge in [0.2, 0.25) is 5.91 Å². The molecular weight excluding hydrogens is 306 g/mol. The van der Waals surface area contributed by atoms with E-state index in [9.17, 15) is 18.3 Å². The van der Waals surface area contributed by atoms with Crippen LogP contribution >= 0.6 is 0 Å². The van der Waals surface area contributed by atoms with Crippen LogP contribution in [0.2, 0.25) is 0 Å². The van der Waals surface area contributed by atoms with E-state index in [0.29, 0.717) is 19.3 Å². The summed E-state index contributed by atoms with van der Waals surface area (Å²) in [5, 5.41) is 11.3. The van der Waals surface area contributed by atoms with Crippen molar-refractivity contribution in [2.24, 2.45) is 5.92 Å². The number of hydrogen-bond donors (Lipinski definition) is 3. The average molecular weight is 327 g/mol. The number of benzene rings is 1. The zero-order chi connectivity index (χ0) is 16.3. The molecule has 2 unspecified atom stereocenters. The van der Waals surface area contributed by atoms with E-state index in [4.69, 9.17) is 4.55 Å². The SMILES string of the molecule is C[C@@H](Cc1ccc(O)cc1)C(=O)NC1CCC(S(=O)(=O)O)C1. The lowest BCUT2D eigenvalue weighted by molar-refractivity contribution is -0.125. The van der Waals surface area contributed by atoms with Crippen molar-refractivity contribution in [1.29, 1.82) is 0 Å². The molecule has 1 aliphatic carbocycles. The summed E-state index contributed by atoms with van der Waals surface area (Å²) in [5.74, 6) is -0.202. The fraction of sp³-hybridized carbons (Fsp3) is 0.533. The Morgan fingerprint density at radius 3 is 2.50 bits per heavy atom. The highest BCUT2D eigenvalue weighted by Gasteiger charge is 2.34. The molecule has 0 spiro atoms. The summed E-state index contributed by atoms with van der Waals surface area (Å²) in [7, 11) is -4.02. The van der Waals surface area contributed by atoms with Gasteiger partial charge in [0.05, 0.1) is 5.25 Å². The Labute approximate surface area is 130 Å². The van der Waals surface area contributed by atoms with Gasteiger partial charge in [-0.25, -0.2) is 0 Å². The molecule has 2 rings (SSSR count). The summed E-state index contributed by atoms with van der Waals surface area (Å²) in [6.45, 7) is 1.80. The Balaban J connectivity index is 1.86. The molecule has 0 radical (unpaired) electrons. The molecule has 0 bridgehead atoms. The number of aromatic hydroxyl groups is 1. The summed E-state index contributed by atoms with van der Waals surface area (Å²) >= 11 is 0. The topological polar surface area (TPSA) is 104 Å². The van der Waals surface area contributed by atoms with Gasteiger partial charge in [0, 0.05) is 12.0 Å². The highest BCUT2D eigenvalue weighted by Crippen LogP contribution is 2.25. The highest BCUT2D eigenvalue weighted by molar-refractivity contribution is 7.86. The molecule has 1 fully saturated rings. The Bertz CT molecular complexity index is 626. The van der Waals surface area contributed by atoms with Crippen LogP contribution in [-0.2, 0) is 21.3 Å². The van der Waals surface area contributed by atoms with Gasteiger partial charge in [-0.2, -0.15) is 8.42 Å². The predicted octanol–water partition coefficient (Wildman–Crippen LogP) is 1.50. The van der Waals surface area contributed by atoms with E-state index in [0.717, 1.165) is 5.56 Å². The Morgan fingerprint density at radius 1 is 1.32 bits per heavy atom. The van der Waals surface area contributed by atoms with Crippen molar-refractivity contribution in [2.75, 3.05) is 0 Å². The summed E-state index contributed by atoms with van der Waals surface area (Å²) in [6.07, 6.45) is 1.73. The molecule has 3 atom stereocenters. The molecule has 0 heterocycles. The fourth-order valence-corrected chi connectivity index (χ4v) is 3.67. The van der Waals surface area contributed by atoms with Gasteiger partial charge in [-0.15, -0.1) is 0 Å². The van der Waals surface area contributed by atoms with Gasteiger partial charge in [-0.1, -0.05) is 19.1 Å². The summed E-state index contributed by atoms with van der Waals surface area (Å²) < 4.78 is 31.2. The third kappa shape index (κ3) is 4.45. The van der Waals surface area contributed by atoms with Gasteiger partial charge in [-0.05, 0) is 43.4 Å². The molecule has 1 aliphatic rings. The second-order valence-electron chi connectivity index (χ2n) is 5.93. The number of phenols is 1. The number of amides is 1. The zero-order valence-electron chi connectivity index (χ0n) is 12.4. The van der Waals surface area contributed by atoms with Crippen LogP contribution in [0.4, 0.5) is 0 Å². The lowest BCUT2D eigenvalue weighted by Crippen LogP contribution is -2.38. The van der Waals surface area contributed by atoms with Crippen molar-refractivity contribution in [3.05, 3.63) is 29.8 Å². The first-order valence-corrected chi connectivity index (χ1v) is 8.80. The molecule has 7 heteroatoms. The minimum atomic E-state index is -4.02. The third-order valence-corrected chi connectivity index (χ3v) is 5.35. The Hall–Kier alpha value is -1.60. The van der Waals surface area contributed by atoms with E-state index < -0.39 is 15.4 Å². The van der Waals surface area contributed by atoms with E-state index >= 15 is 0 Å². The van der Waals surface area contributed by atoms with E-state index in [1.807, 2.05) is 0 Å². The molecule has 1 aromatic rings. The van der Waals surface area contributed by atoms with Crippen LogP contribution in [0.15, 0.2) is 24.3 Å². The molecular formula is C15H21NO5S. The van der Waals surface area contributed by atoms with Crippen LogP contribution in [0.3, 0.4) is 0 Å². The van der Waals surface area contributed by atoms with Gasteiger partial charge < -0.3 is 10.4 Å². The van der Waals surface area contributed by atoms with E-state index in [1.54, 1.807) is 31.2 Å². The minimum Gasteiger partial charge on any atom is -0.508 e. The van der Waals surface area contributed by atoms with Crippen LogP contribution in [0.5, 0.6) is 5.75 Å². The van der Waals surface area contributed by atoms with Gasteiger partial charge in [0.1, 0.15) is 5.75 Å². The van der Waals surface area contributed by atoms with E-state index in [-0.39, 0.29) is 30.0 Å². The van der Waals surface area contributed by atoms with Crippen LogP contribution < -0.4 is 5.32 Å². The number of carbonyl (C=O) groups is 1. The molecule has 1 saturated carbocycles. The molecule has 1 amide bonds. The maximum absolute atomic E-state index is 12.2. The first-order chi connectivity index (χ1) is 10.3. The molecule has 0 saturated heterocycles. The number of phenolic OH excluding ortho intramolecular Hbond substituents is 1. The first-order valence-electron chi connectivity index (χ1n) is 7.30. The van der Waals surface area contributed by atoms with Crippen molar-refractivity contribution in [2.45, 2.75) is 43.9 Å². The van der Waals surface area contributed by atoms with Gasteiger partial charge in [0.25, 0.3) is 10.1 Å².